The van der Waals surface area contributed by atoms with E-state index in [2.05, 4.69) is 16.7 Å². The van der Waals surface area contributed by atoms with Crippen LogP contribution in [0.2, 0.25) is 0 Å². The van der Waals surface area contributed by atoms with Crippen LogP contribution in [-0.2, 0) is 9.59 Å². The number of fused-ring (bicyclic) bond motifs is 2. The van der Waals surface area contributed by atoms with Crippen LogP contribution in [-0.4, -0.2) is 35.9 Å². The van der Waals surface area contributed by atoms with Crippen LogP contribution in [0, 0.1) is 0 Å². The summed E-state index contributed by atoms with van der Waals surface area (Å²) in [5.74, 6) is -0.335. The number of hydrogen-bond donors (Lipinski definition) is 2. The number of ether oxygens (including phenoxy) is 1. The van der Waals surface area contributed by atoms with Gasteiger partial charge < -0.3 is 15.4 Å². The first-order chi connectivity index (χ1) is 17.0. The molecule has 0 unspecified atom stereocenters. The number of rotatable bonds is 6. The van der Waals surface area contributed by atoms with E-state index in [1.807, 2.05) is 55.5 Å². The molecule has 1 heterocycles. The number of imide groups is 1. The molecule has 0 aromatic heterocycles. The summed E-state index contributed by atoms with van der Waals surface area (Å²) >= 11 is 0. The minimum atomic E-state index is -0.632. The SMILES string of the molecule is CCOc1ccc(NC(=O)CN2C(=O)N/C(=C\c3c4ccccc4cc4ccccc34)C2=O)cc1. The van der Waals surface area contributed by atoms with Crippen LogP contribution in [0.5, 0.6) is 5.75 Å². The van der Waals surface area contributed by atoms with E-state index in [9.17, 15) is 14.4 Å². The zero-order valence-corrected chi connectivity index (χ0v) is 19.1. The number of anilines is 1. The van der Waals surface area contributed by atoms with Crippen molar-refractivity contribution >= 4 is 51.2 Å². The molecular formula is C28H23N3O4. The number of hydrogen-bond acceptors (Lipinski definition) is 4. The normalized spacial score (nSPS) is 14.5. The predicted molar refractivity (Wildman–Crippen MR) is 136 cm³/mol. The van der Waals surface area contributed by atoms with Gasteiger partial charge in [-0.3, -0.25) is 9.59 Å². The van der Waals surface area contributed by atoms with Crippen LogP contribution in [0.3, 0.4) is 0 Å². The van der Waals surface area contributed by atoms with Crippen molar-refractivity contribution in [2.24, 2.45) is 0 Å². The Kier molecular flexibility index (Phi) is 5.89. The quantitative estimate of drug-likeness (QED) is 0.240. The average Bonchev–Trinajstić information content (AvgIpc) is 3.12. The van der Waals surface area contributed by atoms with E-state index in [0.717, 1.165) is 32.0 Å². The first-order valence-corrected chi connectivity index (χ1v) is 11.3. The second kappa shape index (κ2) is 9.30. The summed E-state index contributed by atoms with van der Waals surface area (Å²) in [5, 5.41) is 9.32. The zero-order valence-electron chi connectivity index (χ0n) is 19.1. The summed E-state index contributed by atoms with van der Waals surface area (Å²) in [7, 11) is 0. The third-order valence-electron chi connectivity index (χ3n) is 5.81. The second-order valence-corrected chi connectivity index (χ2v) is 8.12. The van der Waals surface area contributed by atoms with Gasteiger partial charge in [-0.1, -0.05) is 48.5 Å². The first kappa shape index (κ1) is 22.2. The lowest BCUT2D eigenvalue weighted by Gasteiger charge is -2.12. The highest BCUT2D eigenvalue weighted by atomic mass is 16.5. The van der Waals surface area contributed by atoms with Crippen molar-refractivity contribution in [3.8, 4) is 5.75 Å². The summed E-state index contributed by atoms with van der Waals surface area (Å²) in [6, 6.07) is 24.1. The minimum Gasteiger partial charge on any atom is -0.494 e. The Morgan fingerprint density at radius 2 is 1.57 bits per heavy atom. The molecule has 0 aliphatic carbocycles. The molecule has 7 nitrogen and oxygen atoms in total. The summed E-state index contributed by atoms with van der Waals surface area (Å²) in [6.45, 7) is 2.03. The fourth-order valence-corrected chi connectivity index (χ4v) is 4.21. The second-order valence-electron chi connectivity index (χ2n) is 8.12. The van der Waals surface area contributed by atoms with Crippen LogP contribution in [0.25, 0.3) is 27.6 Å². The Morgan fingerprint density at radius 3 is 2.20 bits per heavy atom. The van der Waals surface area contributed by atoms with Crippen molar-refractivity contribution in [3.63, 3.8) is 0 Å². The van der Waals surface area contributed by atoms with Gasteiger partial charge >= 0.3 is 6.03 Å². The fraction of sp³-hybridized carbons (Fsp3) is 0.107. The van der Waals surface area contributed by atoms with Gasteiger partial charge in [0.05, 0.1) is 6.61 Å². The van der Waals surface area contributed by atoms with Crippen molar-refractivity contribution in [1.82, 2.24) is 10.2 Å². The molecule has 4 amide bonds. The van der Waals surface area contributed by atoms with Gasteiger partial charge in [0.2, 0.25) is 5.91 Å². The number of carbonyl (C=O) groups excluding carboxylic acids is 3. The maximum Gasteiger partial charge on any atom is 0.329 e. The van der Waals surface area contributed by atoms with Crippen LogP contribution in [0.1, 0.15) is 12.5 Å². The largest absolute Gasteiger partial charge is 0.494 e. The highest BCUT2D eigenvalue weighted by Gasteiger charge is 2.35. The number of carbonyl (C=O) groups is 3. The van der Waals surface area contributed by atoms with Gasteiger partial charge in [-0.25, -0.2) is 9.69 Å². The molecule has 4 aromatic carbocycles. The molecule has 0 atom stereocenters. The summed E-state index contributed by atoms with van der Waals surface area (Å²) in [6.07, 6.45) is 1.69. The highest BCUT2D eigenvalue weighted by molar-refractivity contribution is 6.18. The van der Waals surface area contributed by atoms with E-state index in [4.69, 9.17) is 4.74 Å². The number of urea groups is 1. The van der Waals surface area contributed by atoms with Crippen molar-refractivity contribution in [1.29, 1.82) is 0 Å². The van der Waals surface area contributed by atoms with E-state index >= 15 is 0 Å². The number of amides is 4. The Labute approximate surface area is 202 Å². The lowest BCUT2D eigenvalue weighted by molar-refractivity contribution is -0.127. The van der Waals surface area contributed by atoms with Gasteiger partial charge in [0.15, 0.2) is 0 Å². The van der Waals surface area contributed by atoms with Gasteiger partial charge in [-0.15, -0.1) is 0 Å². The van der Waals surface area contributed by atoms with E-state index < -0.39 is 24.4 Å². The molecule has 0 radical (unpaired) electrons. The maximum absolute atomic E-state index is 13.1. The molecule has 1 fully saturated rings. The van der Waals surface area contributed by atoms with Crippen molar-refractivity contribution < 1.29 is 19.1 Å². The van der Waals surface area contributed by atoms with Crippen molar-refractivity contribution in [2.45, 2.75) is 6.92 Å². The number of benzene rings is 4. The van der Waals surface area contributed by atoms with E-state index in [0.29, 0.717) is 18.0 Å². The zero-order chi connectivity index (χ0) is 24.4. The third kappa shape index (κ3) is 4.44. The molecule has 0 bridgehead atoms. The van der Waals surface area contributed by atoms with Gasteiger partial charge in [-0.05, 0) is 70.4 Å². The summed E-state index contributed by atoms with van der Waals surface area (Å²) in [4.78, 5) is 39.1. The number of nitrogens with zero attached hydrogens (tertiary/aromatic N) is 1. The van der Waals surface area contributed by atoms with Crippen LogP contribution in [0.4, 0.5) is 10.5 Å². The molecular weight excluding hydrogens is 442 g/mol. The Hall–Kier alpha value is -4.65. The molecule has 0 spiro atoms. The molecule has 1 aliphatic heterocycles. The van der Waals surface area contributed by atoms with Gasteiger partial charge in [0, 0.05) is 5.69 Å². The maximum atomic E-state index is 13.1. The lowest BCUT2D eigenvalue weighted by Crippen LogP contribution is -2.38. The Bertz CT molecular complexity index is 1440. The molecule has 1 saturated heterocycles. The van der Waals surface area contributed by atoms with E-state index in [1.165, 1.54) is 0 Å². The van der Waals surface area contributed by atoms with Crippen molar-refractivity contribution in [3.05, 3.63) is 90.1 Å². The van der Waals surface area contributed by atoms with Crippen LogP contribution in [0.15, 0.2) is 84.6 Å². The van der Waals surface area contributed by atoms with Gasteiger partial charge in [-0.2, -0.15) is 0 Å². The van der Waals surface area contributed by atoms with Crippen molar-refractivity contribution in [2.75, 3.05) is 18.5 Å². The standard InChI is InChI=1S/C28H23N3O4/c1-2-35-21-13-11-20(12-14-21)29-26(32)17-31-27(33)25(30-28(31)34)16-24-22-9-5-3-7-18(22)15-19-8-4-6-10-23(19)24/h3-16H,2,17H2,1H3,(H,29,32)(H,30,34)/b25-16-. The molecule has 1 aliphatic rings. The van der Waals surface area contributed by atoms with Gasteiger partial charge in [0.1, 0.15) is 18.0 Å². The molecule has 5 rings (SSSR count). The third-order valence-corrected chi connectivity index (χ3v) is 5.81. The molecule has 7 heteroatoms. The molecule has 0 saturated carbocycles. The fourth-order valence-electron chi connectivity index (χ4n) is 4.21. The molecule has 35 heavy (non-hydrogen) atoms. The van der Waals surface area contributed by atoms with E-state index in [-0.39, 0.29) is 5.70 Å². The van der Waals surface area contributed by atoms with E-state index in [1.54, 1.807) is 30.3 Å². The topological polar surface area (TPSA) is 87.7 Å². The molecule has 4 aromatic rings. The van der Waals surface area contributed by atoms with Gasteiger partial charge in [0.25, 0.3) is 5.91 Å². The number of nitrogens with one attached hydrogen (secondary N) is 2. The molecule has 174 valence electrons. The first-order valence-electron chi connectivity index (χ1n) is 11.3. The smallest absolute Gasteiger partial charge is 0.329 e. The predicted octanol–water partition coefficient (Wildman–Crippen LogP) is 4.92. The van der Waals surface area contributed by atoms with Crippen LogP contribution >= 0.6 is 0 Å². The monoisotopic (exact) mass is 465 g/mol. The Balaban J connectivity index is 1.39. The highest BCUT2D eigenvalue weighted by Crippen LogP contribution is 2.30. The summed E-state index contributed by atoms with van der Waals surface area (Å²) in [5.41, 5.74) is 1.51. The molecule has 2 N–H and O–H groups in total. The average molecular weight is 466 g/mol. The van der Waals surface area contributed by atoms with Crippen LogP contribution < -0.4 is 15.4 Å². The minimum absolute atomic E-state index is 0.130. The Morgan fingerprint density at radius 1 is 0.943 bits per heavy atom. The summed E-state index contributed by atoms with van der Waals surface area (Å²) < 4.78 is 5.39. The lowest BCUT2D eigenvalue weighted by atomic mass is 9.96.